The lowest BCUT2D eigenvalue weighted by molar-refractivity contribution is -0.139. The molecule has 8 nitrogen and oxygen atoms in total. The Bertz CT molecular complexity index is 974. The summed E-state index contributed by atoms with van der Waals surface area (Å²) in [6.07, 6.45) is 4.90. The molecule has 2 aromatic heterocycles. The predicted octanol–water partition coefficient (Wildman–Crippen LogP) is 2.24. The minimum absolute atomic E-state index is 0.00762. The third-order valence-corrected chi connectivity index (χ3v) is 5.80. The first-order valence-electron chi connectivity index (χ1n) is 9.09. The molecular formula is C19H20N4O4S. The number of nitrogens with two attached hydrogens (primary N) is 1. The van der Waals surface area contributed by atoms with Crippen LogP contribution in [-0.2, 0) is 25.6 Å². The zero-order valence-electron chi connectivity index (χ0n) is 15.4. The number of ether oxygens (including phenoxy) is 2. The topological polar surface area (TPSA) is 109 Å². The summed E-state index contributed by atoms with van der Waals surface area (Å²) in [7, 11) is 0. The van der Waals surface area contributed by atoms with E-state index in [1.165, 1.54) is 17.7 Å². The minimum atomic E-state index is -0.565. The molecule has 2 aliphatic rings. The average Bonchev–Trinajstić information content (AvgIpc) is 3.33. The number of aromatic nitrogens is 3. The number of carbonyl (C=O) groups is 2. The molecule has 4 rings (SSSR count). The number of nitrogens with zero attached hydrogens (tertiary/aromatic N) is 3. The zero-order chi connectivity index (χ0) is 19.7. The van der Waals surface area contributed by atoms with E-state index in [-0.39, 0.29) is 23.8 Å². The average molecular weight is 400 g/mol. The summed E-state index contributed by atoms with van der Waals surface area (Å²) in [6, 6.07) is 1.97. The van der Waals surface area contributed by atoms with E-state index in [0.717, 1.165) is 10.4 Å². The third kappa shape index (κ3) is 3.33. The molecule has 0 unspecified atom stereocenters. The van der Waals surface area contributed by atoms with E-state index >= 15 is 0 Å². The molecule has 1 atom stereocenters. The number of ketones is 1. The van der Waals surface area contributed by atoms with Gasteiger partial charge in [0.05, 0.1) is 19.1 Å². The fourth-order valence-corrected chi connectivity index (χ4v) is 4.60. The Morgan fingerprint density at radius 2 is 2.32 bits per heavy atom. The smallest absolute Gasteiger partial charge is 0.340 e. The highest BCUT2D eigenvalue weighted by Crippen LogP contribution is 2.45. The maximum atomic E-state index is 12.7. The maximum absolute atomic E-state index is 12.7. The van der Waals surface area contributed by atoms with E-state index in [1.807, 2.05) is 11.4 Å². The fourth-order valence-electron chi connectivity index (χ4n) is 3.58. The standard InChI is InChI=1S/C19H20N4O4S/c1-2-26-19(25)17-16(15-12(24)4-3-5-13(15)27-18(17)20)14-6-11(8-28-14)7-23-10-21-9-22-23/h6,8-10,16H,2-5,7,20H2,1H3/t16-/m1/s1. The van der Waals surface area contributed by atoms with E-state index in [1.54, 1.807) is 17.9 Å². The number of thiophene rings is 1. The Hall–Kier alpha value is -2.94. The van der Waals surface area contributed by atoms with Gasteiger partial charge in [0.1, 0.15) is 24.0 Å². The molecule has 0 aromatic carbocycles. The van der Waals surface area contributed by atoms with Crippen molar-refractivity contribution in [2.75, 3.05) is 6.61 Å². The van der Waals surface area contributed by atoms with E-state index in [0.29, 0.717) is 37.1 Å². The summed E-state index contributed by atoms with van der Waals surface area (Å²) in [5.41, 5.74) is 7.83. The van der Waals surface area contributed by atoms with Gasteiger partial charge in [-0.25, -0.2) is 14.5 Å². The van der Waals surface area contributed by atoms with Crippen molar-refractivity contribution in [3.05, 3.63) is 57.3 Å². The van der Waals surface area contributed by atoms with Crippen LogP contribution in [0.4, 0.5) is 0 Å². The van der Waals surface area contributed by atoms with Gasteiger partial charge in [0.2, 0.25) is 5.88 Å². The highest BCUT2D eigenvalue weighted by Gasteiger charge is 2.41. The Morgan fingerprint density at radius 1 is 1.46 bits per heavy atom. The Labute approximate surface area is 165 Å². The van der Waals surface area contributed by atoms with Crippen LogP contribution in [0.15, 0.2) is 46.9 Å². The number of allylic oxidation sites excluding steroid dienone is 2. The molecule has 1 aliphatic heterocycles. The lowest BCUT2D eigenvalue weighted by Gasteiger charge is -2.31. The quantitative estimate of drug-likeness (QED) is 0.767. The van der Waals surface area contributed by atoms with Gasteiger partial charge < -0.3 is 15.2 Å². The molecule has 1 aliphatic carbocycles. The third-order valence-electron chi connectivity index (χ3n) is 4.75. The van der Waals surface area contributed by atoms with Crippen LogP contribution in [-0.4, -0.2) is 33.1 Å². The van der Waals surface area contributed by atoms with Crippen LogP contribution >= 0.6 is 11.3 Å². The van der Waals surface area contributed by atoms with Gasteiger partial charge in [0.25, 0.3) is 0 Å². The van der Waals surface area contributed by atoms with E-state index in [2.05, 4.69) is 10.1 Å². The van der Waals surface area contributed by atoms with Crippen LogP contribution in [0, 0.1) is 0 Å². The van der Waals surface area contributed by atoms with Crippen LogP contribution in [0.25, 0.3) is 0 Å². The SMILES string of the molecule is CCOC(=O)C1=C(N)OC2=C(C(=O)CCC2)[C@H]1c1cc(Cn2cncn2)cs1. The molecule has 0 fully saturated rings. The van der Waals surface area contributed by atoms with E-state index in [9.17, 15) is 9.59 Å². The summed E-state index contributed by atoms with van der Waals surface area (Å²) in [6.45, 7) is 2.49. The lowest BCUT2D eigenvalue weighted by atomic mass is 9.80. The molecule has 0 radical (unpaired) electrons. The number of carbonyl (C=O) groups excluding carboxylic acids is 2. The first kappa shape index (κ1) is 18.4. The fraction of sp³-hybridized carbons (Fsp3) is 0.368. The minimum Gasteiger partial charge on any atom is -0.462 e. The lowest BCUT2D eigenvalue weighted by Crippen LogP contribution is -2.31. The molecule has 0 saturated carbocycles. The van der Waals surface area contributed by atoms with Crippen LogP contribution in [0.5, 0.6) is 0 Å². The number of Topliss-reactive ketones (excluding diaryl/α,β-unsaturated/α-hetero) is 1. The molecule has 28 heavy (non-hydrogen) atoms. The van der Waals surface area contributed by atoms with Crippen LogP contribution < -0.4 is 5.73 Å². The summed E-state index contributed by atoms with van der Waals surface area (Å²) in [5.74, 6) is -0.542. The molecular weight excluding hydrogens is 380 g/mol. The van der Waals surface area contributed by atoms with Crippen molar-refractivity contribution in [2.24, 2.45) is 5.73 Å². The van der Waals surface area contributed by atoms with Crippen molar-refractivity contribution in [3.63, 3.8) is 0 Å². The molecule has 0 spiro atoms. The highest BCUT2D eigenvalue weighted by molar-refractivity contribution is 7.10. The predicted molar refractivity (Wildman–Crippen MR) is 101 cm³/mol. The number of rotatable bonds is 5. The second-order valence-electron chi connectivity index (χ2n) is 6.60. The van der Waals surface area contributed by atoms with Gasteiger partial charge in [0, 0.05) is 23.3 Å². The van der Waals surface area contributed by atoms with Gasteiger partial charge in [-0.2, -0.15) is 5.10 Å². The molecule has 2 N–H and O–H groups in total. The second kappa shape index (κ2) is 7.59. The summed E-state index contributed by atoms with van der Waals surface area (Å²) >= 11 is 1.48. The van der Waals surface area contributed by atoms with Gasteiger partial charge in [-0.05, 0) is 30.4 Å². The zero-order valence-corrected chi connectivity index (χ0v) is 16.2. The number of hydrogen-bond donors (Lipinski definition) is 1. The van der Waals surface area contributed by atoms with Crippen LogP contribution in [0.3, 0.4) is 0 Å². The molecule has 0 saturated heterocycles. The van der Waals surface area contributed by atoms with Gasteiger partial charge in [-0.3, -0.25) is 4.79 Å². The first-order valence-corrected chi connectivity index (χ1v) is 9.97. The van der Waals surface area contributed by atoms with Crippen molar-refractivity contribution < 1.29 is 19.1 Å². The first-order chi connectivity index (χ1) is 13.6. The Balaban J connectivity index is 1.75. The normalized spacial score (nSPS) is 19.5. The number of hydrogen-bond acceptors (Lipinski definition) is 8. The van der Waals surface area contributed by atoms with Crippen molar-refractivity contribution in [1.82, 2.24) is 14.8 Å². The van der Waals surface area contributed by atoms with Crippen LogP contribution in [0.1, 0.15) is 42.5 Å². The van der Waals surface area contributed by atoms with Gasteiger partial charge in [-0.15, -0.1) is 11.3 Å². The van der Waals surface area contributed by atoms with Crippen molar-refractivity contribution in [3.8, 4) is 0 Å². The highest BCUT2D eigenvalue weighted by atomic mass is 32.1. The molecule has 9 heteroatoms. The summed E-state index contributed by atoms with van der Waals surface area (Å²) in [5, 5.41) is 6.10. The molecule has 2 aromatic rings. The van der Waals surface area contributed by atoms with Gasteiger partial charge in [0.15, 0.2) is 5.78 Å². The van der Waals surface area contributed by atoms with Crippen LogP contribution in [0.2, 0.25) is 0 Å². The Morgan fingerprint density at radius 3 is 3.07 bits per heavy atom. The summed E-state index contributed by atoms with van der Waals surface area (Å²) in [4.78, 5) is 30.2. The van der Waals surface area contributed by atoms with E-state index in [4.69, 9.17) is 15.2 Å². The Kier molecular flexibility index (Phi) is 4.99. The van der Waals surface area contributed by atoms with Crippen molar-refractivity contribution >= 4 is 23.1 Å². The monoisotopic (exact) mass is 400 g/mol. The van der Waals surface area contributed by atoms with E-state index < -0.39 is 11.9 Å². The largest absolute Gasteiger partial charge is 0.462 e. The van der Waals surface area contributed by atoms with Crippen molar-refractivity contribution in [1.29, 1.82) is 0 Å². The molecule has 3 heterocycles. The van der Waals surface area contributed by atoms with Gasteiger partial charge >= 0.3 is 5.97 Å². The molecule has 0 amide bonds. The maximum Gasteiger partial charge on any atom is 0.340 e. The molecule has 0 bridgehead atoms. The summed E-state index contributed by atoms with van der Waals surface area (Å²) < 4.78 is 12.6. The van der Waals surface area contributed by atoms with Crippen molar-refractivity contribution in [2.45, 2.75) is 38.6 Å². The second-order valence-corrected chi connectivity index (χ2v) is 7.54. The molecule has 146 valence electrons. The number of esters is 1. The van der Waals surface area contributed by atoms with Gasteiger partial charge in [-0.1, -0.05) is 0 Å².